The molecule has 21 heavy (non-hydrogen) atoms. The van der Waals surface area contributed by atoms with Crippen molar-refractivity contribution in [2.24, 2.45) is 17.7 Å². The van der Waals surface area contributed by atoms with Gasteiger partial charge in [-0.2, -0.15) is 15.0 Å². The van der Waals surface area contributed by atoms with E-state index < -0.39 is 0 Å². The van der Waals surface area contributed by atoms with Crippen LogP contribution in [0.2, 0.25) is 0 Å². The highest BCUT2D eigenvalue weighted by molar-refractivity contribution is 5.43. The summed E-state index contributed by atoms with van der Waals surface area (Å²) in [6, 6.07) is 0.501. The molecule has 7 nitrogen and oxygen atoms in total. The normalized spacial score (nSPS) is 26.9. The molecule has 4 N–H and O–H groups in total. The Balaban J connectivity index is 1.79. The molecule has 0 spiro atoms. The van der Waals surface area contributed by atoms with Crippen molar-refractivity contribution in [3.8, 4) is 0 Å². The first kappa shape index (κ1) is 14.3. The second-order valence-electron chi connectivity index (χ2n) is 6.02. The fraction of sp³-hybridized carbons (Fsp3) is 0.786. The van der Waals surface area contributed by atoms with Crippen molar-refractivity contribution >= 4 is 17.8 Å². The average Bonchev–Trinajstić information content (AvgIpc) is 3.11. The van der Waals surface area contributed by atoms with Crippen molar-refractivity contribution in [3.05, 3.63) is 0 Å². The van der Waals surface area contributed by atoms with Crippen LogP contribution in [0.4, 0.5) is 17.8 Å². The van der Waals surface area contributed by atoms with Crippen molar-refractivity contribution in [2.45, 2.75) is 45.6 Å². The van der Waals surface area contributed by atoms with Crippen molar-refractivity contribution in [2.75, 3.05) is 28.7 Å². The SMILES string of the molecule is CCN(CC)c1nc(NN)nc(NC2CC3CCC2C3)n1. The summed E-state index contributed by atoms with van der Waals surface area (Å²) in [6.07, 6.45) is 5.31. The van der Waals surface area contributed by atoms with E-state index in [2.05, 4.69) is 44.4 Å². The molecule has 3 rings (SSSR count). The van der Waals surface area contributed by atoms with Crippen molar-refractivity contribution in [1.82, 2.24) is 15.0 Å². The summed E-state index contributed by atoms with van der Waals surface area (Å²) in [7, 11) is 0. The summed E-state index contributed by atoms with van der Waals surface area (Å²) in [4.78, 5) is 15.4. The molecule has 116 valence electrons. The highest BCUT2D eigenvalue weighted by Crippen LogP contribution is 2.45. The average molecular weight is 291 g/mol. The molecule has 3 unspecified atom stereocenters. The molecule has 0 saturated heterocycles. The Morgan fingerprint density at radius 2 is 1.86 bits per heavy atom. The number of aromatic nitrogens is 3. The van der Waals surface area contributed by atoms with E-state index >= 15 is 0 Å². The molecule has 1 aromatic rings. The topological polar surface area (TPSA) is 92.0 Å². The Bertz CT molecular complexity index is 488. The quantitative estimate of drug-likeness (QED) is 0.541. The third-order valence-corrected chi connectivity index (χ3v) is 4.85. The lowest BCUT2D eigenvalue weighted by molar-refractivity contribution is 0.438. The summed E-state index contributed by atoms with van der Waals surface area (Å²) >= 11 is 0. The molecule has 2 bridgehead atoms. The summed E-state index contributed by atoms with van der Waals surface area (Å²) in [5, 5.41) is 3.51. The molecule has 1 aromatic heterocycles. The van der Waals surface area contributed by atoms with E-state index in [4.69, 9.17) is 5.84 Å². The van der Waals surface area contributed by atoms with Crippen LogP contribution < -0.4 is 21.5 Å². The van der Waals surface area contributed by atoms with E-state index in [1.165, 1.54) is 25.7 Å². The maximum atomic E-state index is 5.49. The lowest BCUT2D eigenvalue weighted by atomic mass is 9.95. The van der Waals surface area contributed by atoms with Crippen molar-refractivity contribution in [3.63, 3.8) is 0 Å². The third kappa shape index (κ3) is 2.88. The zero-order chi connectivity index (χ0) is 14.8. The first-order chi connectivity index (χ1) is 10.2. The minimum absolute atomic E-state index is 0.414. The number of rotatable bonds is 6. The number of nitrogens with one attached hydrogen (secondary N) is 2. The molecule has 2 aliphatic carbocycles. The van der Waals surface area contributed by atoms with Gasteiger partial charge in [0, 0.05) is 19.1 Å². The highest BCUT2D eigenvalue weighted by atomic mass is 15.4. The molecule has 0 aromatic carbocycles. The Labute approximate surface area is 125 Å². The molecular formula is C14H25N7. The van der Waals surface area contributed by atoms with Gasteiger partial charge < -0.3 is 10.2 Å². The van der Waals surface area contributed by atoms with Crippen LogP contribution in [-0.4, -0.2) is 34.1 Å². The van der Waals surface area contributed by atoms with Crippen LogP contribution in [0, 0.1) is 11.8 Å². The van der Waals surface area contributed by atoms with E-state index in [0.717, 1.165) is 24.9 Å². The van der Waals surface area contributed by atoms with E-state index in [-0.39, 0.29) is 0 Å². The predicted molar refractivity (Wildman–Crippen MR) is 84.1 cm³/mol. The zero-order valence-corrected chi connectivity index (χ0v) is 12.8. The molecule has 2 fully saturated rings. The third-order valence-electron chi connectivity index (χ3n) is 4.85. The number of nitrogen functional groups attached to an aromatic ring is 1. The number of hydrogen-bond acceptors (Lipinski definition) is 7. The van der Waals surface area contributed by atoms with Gasteiger partial charge in [0.05, 0.1) is 0 Å². The molecule has 3 atom stereocenters. The van der Waals surface area contributed by atoms with E-state index in [1.807, 2.05) is 0 Å². The summed E-state index contributed by atoms with van der Waals surface area (Å²) in [5.41, 5.74) is 2.54. The van der Waals surface area contributed by atoms with Crippen LogP contribution in [0.1, 0.15) is 39.5 Å². The van der Waals surface area contributed by atoms with Gasteiger partial charge in [-0.1, -0.05) is 6.42 Å². The first-order valence-corrected chi connectivity index (χ1v) is 7.97. The smallest absolute Gasteiger partial charge is 0.243 e. The van der Waals surface area contributed by atoms with Crippen LogP contribution in [0.5, 0.6) is 0 Å². The summed E-state index contributed by atoms with van der Waals surface area (Å²) < 4.78 is 0. The number of hydrogen-bond donors (Lipinski definition) is 3. The van der Waals surface area contributed by atoms with Crippen LogP contribution in [-0.2, 0) is 0 Å². The maximum absolute atomic E-state index is 5.49. The van der Waals surface area contributed by atoms with E-state index in [9.17, 15) is 0 Å². The highest BCUT2D eigenvalue weighted by Gasteiger charge is 2.39. The van der Waals surface area contributed by atoms with Gasteiger partial charge in [0.1, 0.15) is 0 Å². The fourth-order valence-corrected chi connectivity index (χ4v) is 3.73. The molecule has 2 saturated carbocycles. The van der Waals surface area contributed by atoms with Crippen LogP contribution in [0.25, 0.3) is 0 Å². The van der Waals surface area contributed by atoms with Crippen molar-refractivity contribution < 1.29 is 0 Å². The number of nitrogens with two attached hydrogens (primary N) is 1. The van der Waals surface area contributed by atoms with Gasteiger partial charge in [-0.25, -0.2) is 5.84 Å². The Hall–Kier alpha value is -1.63. The minimum atomic E-state index is 0.414. The van der Waals surface area contributed by atoms with Gasteiger partial charge in [-0.05, 0) is 44.9 Å². The standard InChI is InChI=1S/C14H25N7/c1-3-21(4-2)14-18-12(17-13(19-14)20-15)16-11-8-9-5-6-10(11)7-9/h9-11H,3-8,15H2,1-2H3,(H2,16,17,18,19,20). The monoisotopic (exact) mass is 291 g/mol. The van der Waals surface area contributed by atoms with Gasteiger partial charge in [-0.15, -0.1) is 0 Å². The Kier molecular flexibility index (Phi) is 4.10. The maximum Gasteiger partial charge on any atom is 0.243 e. The number of nitrogens with zero attached hydrogens (tertiary/aromatic N) is 4. The summed E-state index contributed by atoms with van der Waals surface area (Å²) in [5.74, 6) is 8.88. The second-order valence-corrected chi connectivity index (χ2v) is 6.02. The number of hydrazine groups is 1. The second kappa shape index (κ2) is 6.01. The predicted octanol–water partition coefficient (Wildman–Crippen LogP) is 1.60. The first-order valence-electron chi connectivity index (χ1n) is 7.97. The van der Waals surface area contributed by atoms with Crippen LogP contribution in [0.15, 0.2) is 0 Å². The van der Waals surface area contributed by atoms with Crippen LogP contribution >= 0.6 is 0 Å². The van der Waals surface area contributed by atoms with Crippen molar-refractivity contribution in [1.29, 1.82) is 0 Å². The molecule has 1 heterocycles. The molecule has 2 aliphatic rings. The minimum Gasteiger partial charge on any atom is -0.351 e. The lowest BCUT2D eigenvalue weighted by Gasteiger charge is -2.24. The van der Waals surface area contributed by atoms with Gasteiger partial charge in [0.2, 0.25) is 17.8 Å². The largest absolute Gasteiger partial charge is 0.351 e. The molecule has 7 heteroatoms. The Morgan fingerprint density at radius 1 is 1.10 bits per heavy atom. The van der Waals surface area contributed by atoms with Crippen LogP contribution in [0.3, 0.4) is 0 Å². The molecular weight excluding hydrogens is 266 g/mol. The Morgan fingerprint density at radius 3 is 2.43 bits per heavy atom. The fourth-order valence-electron chi connectivity index (χ4n) is 3.73. The van der Waals surface area contributed by atoms with Gasteiger partial charge in [0.15, 0.2) is 0 Å². The number of fused-ring (bicyclic) bond motifs is 2. The molecule has 0 radical (unpaired) electrons. The zero-order valence-electron chi connectivity index (χ0n) is 12.8. The summed E-state index contributed by atoms with van der Waals surface area (Å²) in [6.45, 7) is 5.90. The molecule has 0 amide bonds. The van der Waals surface area contributed by atoms with Gasteiger partial charge in [0.25, 0.3) is 0 Å². The van der Waals surface area contributed by atoms with Gasteiger partial charge >= 0.3 is 0 Å². The number of anilines is 3. The van der Waals surface area contributed by atoms with Gasteiger partial charge in [-0.3, -0.25) is 5.43 Å². The lowest BCUT2D eigenvalue weighted by Crippen LogP contribution is -2.29. The molecule has 0 aliphatic heterocycles. The van der Waals surface area contributed by atoms with E-state index in [0.29, 0.717) is 23.9 Å². The van der Waals surface area contributed by atoms with E-state index in [1.54, 1.807) is 0 Å².